The molecule has 0 spiro atoms. The lowest BCUT2D eigenvalue weighted by atomic mass is 9.95. The van der Waals surface area contributed by atoms with Crippen molar-refractivity contribution in [3.05, 3.63) is 164 Å². The standard InChI is InChI=1S/C45H27N3O2/c1-2-12-28(13-3-1)37-27-38(30-15-10-14-29(26-30)36-19-8-9-25-46-36)48-45(47-37)35-24-23-32(44-43(35)34-17-5-7-21-40(34)50-44)31-18-11-22-41-42(31)33-16-4-6-20-39(33)49-41/h1-27H. The summed E-state index contributed by atoms with van der Waals surface area (Å²) in [5, 5.41) is 4.12. The summed E-state index contributed by atoms with van der Waals surface area (Å²) in [5.74, 6) is 0.625. The Morgan fingerprint density at radius 2 is 1.00 bits per heavy atom. The highest BCUT2D eigenvalue weighted by Gasteiger charge is 2.22. The molecule has 6 aromatic carbocycles. The molecule has 0 bridgehead atoms. The second-order valence-electron chi connectivity index (χ2n) is 12.4. The van der Waals surface area contributed by atoms with Crippen LogP contribution in [0.3, 0.4) is 0 Å². The van der Waals surface area contributed by atoms with Gasteiger partial charge in [0, 0.05) is 55.6 Å². The molecule has 0 unspecified atom stereocenters. The van der Waals surface area contributed by atoms with E-state index in [4.69, 9.17) is 18.8 Å². The smallest absolute Gasteiger partial charge is 0.161 e. The molecular weight excluding hydrogens is 615 g/mol. The zero-order valence-corrected chi connectivity index (χ0v) is 26.7. The van der Waals surface area contributed by atoms with Crippen LogP contribution in [0.5, 0.6) is 0 Å². The Morgan fingerprint density at radius 3 is 1.80 bits per heavy atom. The first-order valence-corrected chi connectivity index (χ1v) is 16.6. The van der Waals surface area contributed by atoms with E-state index in [2.05, 4.69) is 83.8 Å². The summed E-state index contributed by atoms with van der Waals surface area (Å²) in [5.41, 5.74) is 11.8. The van der Waals surface area contributed by atoms with Crippen LogP contribution in [-0.4, -0.2) is 15.0 Å². The molecule has 0 fully saturated rings. The molecule has 10 aromatic rings. The predicted molar refractivity (Wildman–Crippen MR) is 202 cm³/mol. The van der Waals surface area contributed by atoms with Crippen molar-refractivity contribution in [3.8, 4) is 56.3 Å². The number of hydrogen-bond donors (Lipinski definition) is 0. The molecule has 0 radical (unpaired) electrons. The first kappa shape index (κ1) is 28.2. The van der Waals surface area contributed by atoms with Crippen molar-refractivity contribution >= 4 is 43.9 Å². The fraction of sp³-hybridized carbons (Fsp3) is 0. The predicted octanol–water partition coefficient (Wildman–Crippen LogP) is 12.0. The topological polar surface area (TPSA) is 65.0 Å². The van der Waals surface area contributed by atoms with Gasteiger partial charge in [0.2, 0.25) is 0 Å². The number of furan rings is 2. The van der Waals surface area contributed by atoms with Crippen LogP contribution in [0.2, 0.25) is 0 Å². The van der Waals surface area contributed by atoms with E-state index >= 15 is 0 Å². The number of rotatable bonds is 5. The summed E-state index contributed by atoms with van der Waals surface area (Å²) in [6.45, 7) is 0. The van der Waals surface area contributed by atoms with Gasteiger partial charge in [-0.05, 0) is 60.2 Å². The summed E-state index contributed by atoms with van der Waals surface area (Å²) >= 11 is 0. The van der Waals surface area contributed by atoms with Crippen LogP contribution >= 0.6 is 0 Å². The van der Waals surface area contributed by atoms with Crippen LogP contribution < -0.4 is 0 Å². The first-order valence-electron chi connectivity index (χ1n) is 16.6. The van der Waals surface area contributed by atoms with Gasteiger partial charge in [-0.2, -0.15) is 0 Å². The van der Waals surface area contributed by atoms with Crippen molar-refractivity contribution in [1.29, 1.82) is 0 Å². The normalized spacial score (nSPS) is 11.6. The van der Waals surface area contributed by atoms with E-state index in [1.54, 1.807) is 0 Å². The second kappa shape index (κ2) is 11.4. The molecule has 0 atom stereocenters. The highest BCUT2D eigenvalue weighted by Crippen LogP contribution is 2.45. The molecule has 0 aliphatic heterocycles. The quantitative estimate of drug-likeness (QED) is 0.187. The average molecular weight is 642 g/mol. The number of benzene rings is 6. The minimum Gasteiger partial charge on any atom is -0.456 e. The summed E-state index contributed by atoms with van der Waals surface area (Å²) in [7, 11) is 0. The van der Waals surface area contributed by atoms with E-state index in [0.29, 0.717) is 5.82 Å². The van der Waals surface area contributed by atoms with Gasteiger partial charge in [-0.1, -0.05) is 103 Å². The maximum Gasteiger partial charge on any atom is 0.161 e. The third-order valence-corrected chi connectivity index (χ3v) is 9.37. The zero-order chi connectivity index (χ0) is 33.0. The minimum atomic E-state index is 0.625. The molecule has 0 N–H and O–H groups in total. The SMILES string of the molecule is c1ccc(-c2cc(-c3cccc(-c4ccccn4)c3)nc(-c3ccc(-c4cccc5oc6ccccc6c45)c4oc5ccccc5c34)n2)cc1. The lowest BCUT2D eigenvalue weighted by molar-refractivity contribution is 0.668. The van der Waals surface area contributed by atoms with Crippen LogP contribution in [0.15, 0.2) is 173 Å². The fourth-order valence-electron chi connectivity index (χ4n) is 7.07. The van der Waals surface area contributed by atoms with Gasteiger partial charge in [-0.15, -0.1) is 0 Å². The Hall–Kier alpha value is -6.85. The third-order valence-electron chi connectivity index (χ3n) is 9.37. The highest BCUT2D eigenvalue weighted by atomic mass is 16.3. The van der Waals surface area contributed by atoms with E-state index in [1.807, 2.05) is 85.1 Å². The largest absolute Gasteiger partial charge is 0.456 e. The Balaban J connectivity index is 1.23. The third kappa shape index (κ3) is 4.60. The number of hydrogen-bond acceptors (Lipinski definition) is 5. The minimum absolute atomic E-state index is 0.625. The summed E-state index contributed by atoms with van der Waals surface area (Å²) in [6.07, 6.45) is 1.82. The van der Waals surface area contributed by atoms with Gasteiger partial charge >= 0.3 is 0 Å². The molecule has 4 heterocycles. The van der Waals surface area contributed by atoms with Gasteiger partial charge < -0.3 is 8.83 Å². The first-order chi connectivity index (χ1) is 24.8. The lowest BCUT2D eigenvalue weighted by Gasteiger charge is -2.12. The summed E-state index contributed by atoms with van der Waals surface area (Å²) in [6, 6.07) is 53.5. The Morgan fingerprint density at radius 1 is 0.380 bits per heavy atom. The van der Waals surface area contributed by atoms with Gasteiger partial charge in [0.25, 0.3) is 0 Å². The lowest BCUT2D eigenvalue weighted by Crippen LogP contribution is -1.97. The molecule has 234 valence electrons. The fourth-order valence-corrected chi connectivity index (χ4v) is 7.07. The van der Waals surface area contributed by atoms with Crippen LogP contribution in [-0.2, 0) is 0 Å². The van der Waals surface area contributed by atoms with Crippen LogP contribution in [0.1, 0.15) is 0 Å². The summed E-state index contributed by atoms with van der Waals surface area (Å²) in [4.78, 5) is 15.1. The van der Waals surface area contributed by atoms with Crippen LogP contribution in [0.25, 0.3) is 100 Å². The van der Waals surface area contributed by atoms with Crippen LogP contribution in [0.4, 0.5) is 0 Å². The van der Waals surface area contributed by atoms with Gasteiger partial charge in [0.15, 0.2) is 5.82 Å². The Labute approximate surface area is 287 Å². The van der Waals surface area contributed by atoms with E-state index in [-0.39, 0.29) is 0 Å². The van der Waals surface area contributed by atoms with Crippen molar-refractivity contribution in [2.75, 3.05) is 0 Å². The Bertz CT molecular complexity index is 2870. The van der Waals surface area contributed by atoms with Crippen molar-refractivity contribution in [3.63, 3.8) is 0 Å². The average Bonchev–Trinajstić information content (AvgIpc) is 3.77. The second-order valence-corrected chi connectivity index (χ2v) is 12.4. The van der Waals surface area contributed by atoms with E-state index in [1.165, 1.54) is 0 Å². The summed E-state index contributed by atoms with van der Waals surface area (Å²) < 4.78 is 13.0. The molecule has 10 rings (SSSR count). The van der Waals surface area contributed by atoms with Crippen molar-refractivity contribution in [2.24, 2.45) is 0 Å². The molecule has 5 heteroatoms. The number of aromatic nitrogens is 3. The van der Waals surface area contributed by atoms with E-state index in [9.17, 15) is 0 Å². The number of nitrogens with zero attached hydrogens (tertiary/aromatic N) is 3. The van der Waals surface area contributed by atoms with Crippen molar-refractivity contribution < 1.29 is 8.83 Å². The number of pyridine rings is 1. The zero-order valence-electron chi connectivity index (χ0n) is 26.7. The maximum atomic E-state index is 6.74. The maximum absolute atomic E-state index is 6.74. The van der Waals surface area contributed by atoms with Crippen molar-refractivity contribution in [1.82, 2.24) is 15.0 Å². The van der Waals surface area contributed by atoms with Gasteiger partial charge in [0.05, 0.1) is 17.1 Å². The van der Waals surface area contributed by atoms with Gasteiger partial charge in [-0.25, -0.2) is 9.97 Å². The van der Waals surface area contributed by atoms with Gasteiger partial charge in [0.1, 0.15) is 22.3 Å². The Kier molecular flexibility index (Phi) is 6.42. The number of fused-ring (bicyclic) bond motifs is 6. The molecule has 0 amide bonds. The molecule has 0 aliphatic carbocycles. The molecule has 0 saturated carbocycles. The van der Waals surface area contributed by atoms with E-state index < -0.39 is 0 Å². The van der Waals surface area contributed by atoms with Crippen molar-refractivity contribution in [2.45, 2.75) is 0 Å². The molecule has 5 nitrogen and oxygen atoms in total. The molecule has 0 saturated heterocycles. The van der Waals surface area contributed by atoms with Gasteiger partial charge in [-0.3, -0.25) is 4.98 Å². The monoisotopic (exact) mass is 641 g/mol. The van der Waals surface area contributed by atoms with Crippen LogP contribution in [0, 0.1) is 0 Å². The molecular formula is C45H27N3O2. The number of para-hydroxylation sites is 2. The highest BCUT2D eigenvalue weighted by molar-refractivity contribution is 6.20. The molecule has 50 heavy (non-hydrogen) atoms. The molecule has 4 aromatic heterocycles. The molecule has 0 aliphatic rings. The van der Waals surface area contributed by atoms with E-state index in [0.717, 1.165) is 94.3 Å².